The SMILES string of the molecule is COc1ccc(S(=O)(=O)CCC(=O)Nc2ccc(C)cc2C)cc1. The molecular weight excluding hydrogens is 326 g/mol. The van der Waals surface area contributed by atoms with Gasteiger partial charge in [-0.25, -0.2) is 8.42 Å². The molecule has 5 nitrogen and oxygen atoms in total. The van der Waals surface area contributed by atoms with Gasteiger partial charge in [-0.05, 0) is 49.7 Å². The van der Waals surface area contributed by atoms with Crippen molar-refractivity contribution in [2.45, 2.75) is 25.2 Å². The van der Waals surface area contributed by atoms with Crippen LogP contribution in [0.3, 0.4) is 0 Å². The van der Waals surface area contributed by atoms with Crippen LogP contribution < -0.4 is 10.1 Å². The van der Waals surface area contributed by atoms with Gasteiger partial charge in [0.2, 0.25) is 5.91 Å². The van der Waals surface area contributed by atoms with Gasteiger partial charge in [-0.1, -0.05) is 17.7 Å². The molecule has 2 aromatic carbocycles. The summed E-state index contributed by atoms with van der Waals surface area (Å²) in [5.41, 5.74) is 2.75. The first-order valence-corrected chi connectivity index (χ1v) is 9.21. The van der Waals surface area contributed by atoms with Gasteiger partial charge in [0, 0.05) is 12.1 Å². The summed E-state index contributed by atoms with van der Waals surface area (Å²) in [7, 11) is -1.99. The number of carbonyl (C=O) groups excluding carboxylic acids is 1. The highest BCUT2D eigenvalue weighted by molar-refractivity contribution is 7.91. The van der Waals surface area contributed by atoms with E-state index in [4.69, 9.17) is 4.74 Å². The molecular formula is C18H21NO4S. The summed E-state index contributed by atoms with van der Waals surface area (Å²) >= 11 is 0. The average molecular weight is 347 g/mol. The molecule has 24 heavy (non-hydrogen) atoms. The normalized spacial score (nSPS) is 11.1. The Morgan fingerprint density at radius 1 is 1.08 bits per heavy atom. The lowest BCUT2D eigenvalue weighted by atomic mass is 10.1. The Bertz CT molecular complexity index is 827. The Hall–Kier alpha value is -2.34. The zero-order valence-electron chi connectivity index (χ0n) is 14.0. The molecule has 0 unspecified atom stereocenters. The van der Waals surface area contributed by atoms with Crippen molar-refractivity contribution in [1.29, 1.82) is 0 Å². The monoisotopic (exact) mass is 347 g/mol. The Labute approximate surface area is 142 Å². The van der Waals surface area contributed by atoms with Gasteiger partial charge in [0.05, 0.1) is 17.8 Å². The van der Waals surface area contributed by atoms with Crippen molar-refractivity contribution >= 4 is 21.4 Å². The summed E-state index contributed by atoms with van der Waals surface area (Å²) in [5.74, 6) is 0.0244. The number of amides is 1. The van der Waals surface area contributed by atoms with Crippen LogP contribution in [0.15, 0.2) is 47.4 Å². The molecule has 0 fully saturated rings. The lowest BCUT2D eigenvalue weighted by molar-refractivity contribution is -0.115. The molecule has 0 aliphatic heterocycles. The summed E-state index contributed by atoms with van der Waals surface area (Å²) in [6, 6.07) is 11.8. The van der Waals surface area contributed by atoms with E-state index in [0.717, 1.165) is 11.1 Å². The molecule has 1 amide bonds. The third-order valence-electron chi connectivity index (χ3n) is 3.67. The number of ether oxygens (including phenoxy) is 1. The van der Waals surface area contributed by atoms with Crippen molar-refractivity contribution in [3.05, 3.63) is 53.6 Å². The van der Waals surface area contributed by atoms with Crippen molar-refractivity contribution in [1.82, 2.24) is 0 Å². The van der Waals surface area contributed by atoms with E-state index in [0.29, 0.717) is 11.4 Å². The van der Waals surface area contributed by atoms with Gasteiger partial charge >= 0.3 is 0 Å². The molecule has 0 spiro atoms. The van der Waals surface area contributed by atoms with Gasteiger partial charge in [-0.3, -0.25) is 4.79 Å². The predicted octanol–water partition coefficient (Wildman–Crippen LogP) is 3.11. The number of sulfone groups is 1. The van der Waals surface area contributed by atoms with Crippen LogP contribution >= 0.6 is 0 Å². The topological polar surface area (TPSA) is 72.5 Å². The summed E-state index contributed by atoms with van der Waals surface area (Å²) in [6.07, 6.45) is -0.0956. The number of aryl methyl sites for hydroxylation is 2. The third-order valence-corrected chi connectivity index (χ3v) is 5.40. The maximum absolute atomic E-state index is 12.3. The second-order valence-corrected chi connectivity index (χ2v) is 7.72. The first-order valence-electron chi connectivity index (χ1n) is 7.56. The minimum Gasteiger partial charge on any atom is -0.497 e. The highest BCUT2D eigenvalue weighted by Gasteiger charge is 2.17. The highest BCUT2D eigenvalue weighted by Crippen LogP contribution is 2.19. The molecule has 0 heterocycles. The lowest BCUT2D eigenvalue weighted by Gasteiger charge is -2.09. The molecule has 1 N–H and O–H groups in total. The smallest absolute Gasteiger partial charge is 0.225 e. The van der Waals surface area contributed by atoms with Gasteiger partial charge in [-0.2, -0.15) is 0 Å². The molecule has 0 aliphatic carbocycles. The Morgan fingerprint density at radius 3 is 2.33 bits per heavy atom. The van der Waals surface area contributed by atoms with Crippen LogP contribution in [-0.2, 0) is 14.6 Å². The molecule has 0 bridgehead atoms. The van der Waals surface area contributed by atoms with Crippen LogP contribution in [-0.4, -0.2) is 27.2 Å². The number of benzene rings is 2. The molecule has 0 atom stereocenters. The van der Waals surface area contributed by atoms with Crippen molar-refractivity contribution in [3.63, 3.8) is 0 Å². The standard InChI is InChI=1S/C18H21NO4S/c1-13-4-9-17(14(2)12-13)19-18(20)10-11-24(21,22)16-7-5-15(23-3)6-8-16/h4-9,12H,10-11H2,1-3H3,(H,19,20). The van der Waals surface area contributed by atoms with E-state index in [2.05, 4.69) is 5.32 Å². The molecule has 128 valence electrons. The molecule has 2 aromatic rings. The zero-order chi connectivity index (χ0) is 17.7. The minimum absolute atomic E-state index is 0.0956. The van der Waals surface area contributed by atoms with Gasteiger partial charge in [-0.15, -0.1) is 0 Å². The molecule has 0 saturated heterocycles. The first-order chi connectivity index (χ1) is 11.3. The molecule has 6 heteroatoms. The Balaban J connectivity index is 1.99. The predicted molar refractivity (Wildman–Crippen MR) is 94.2 cm³/mol. The maximum Gasteiger partial charge on any atom is 0.225 e. The van der Waals surface area contributed by atoms with Crippen LogP contribution in [0.1, 0.15) is 17.5 Å². The van der Waals surface area contributed by atoms with Crippen molar-refractivity contribution in [3.8, 4) is 5.75 Å². The molecule has 0 aliphatic rings. The third kappa shape index (κ3) is 4.58. The van der Waals surface area contributed by atoms with Crippen LogP contribution in [0, 0.1) is 13.8 Å². The minimum atomic E-state index is -3.51. The van der Waals surface area contributed by atoms with Gasteiger partial charge in [0.15, 0.2) is 9.84 Å². The first kappa shape index (κ1) is 18.0. The van der Waals surface area contributed by atoms with Gasteiger partial charge in [0.1, 0.15) is 5.75 Å². The van der Waals surface area contributed by atoms with E-state index in [-0.39, 0.29) is 23.0 Å². The Kier molecular flexibility index (Phi) is 5.62. The average Bonchev–Trinajstić information content (AvgIpc) is 2.56. The summed E-state index contributed by atoms with van der Waals surface area (Å²) in [5, 5.41) is 2.76. The molecule has 0 radical (unpaired) electrons. The zero-order valence-corrected chi connectivity index (χ0v) is 14.8. The number of nitrogens with one attached hydrogen (secondary N) is 1. The fourth-order valence-corrected chi connectivity index (χ4v) is 3.54. The fraction of sp³-hybridized carbons (Fsp3) is 0.278. The second kappa shape index (κ2) is 7.49. The quantitative estimate of drug-likeness (QED) is 0.871. The van der Waals surface area contributed by atoms with E-state index in [1.165, 1.54) is 19.2 Å². The van der Waals surface area contributed by atoms with Crippen LogP contribution in [0.4, 0.5) is 5.69 Å². The fourth-order valence-electron chi connectivity index (χ4n) is 2.29. The maximum atomic E-state index is 12.3. The summed E-state index contributed by atoms with van der Waals surface area (Å²) < 4.78 is 29.6. The number of hydrogen-bond donors (Lipinski definition) is 1. The van der Waals surface area contributed by atoms with Gasteiger partial charge < -0.3 is 10.1 Å². The van der Waals surface area contributed by atoms with Crippen molar-refractivity contribution in [2.75, 3.05) is 18.2 Å². The second-order valence-electron chi connectivity index (χ2n) is 5.61. The van der Waals surface area contributed by atoms with Crippen LogP contribution in [0.5, 0.6) is 5.75 Å². The largest absolute Gasteiger partial charge is 0.497 e. The van der Waals surface area contributed by atoms with Crippen LogP contribution in [0.2, 0.25) is 0 Å². The number of hydrogen-bond acceptors (Lipinski definition) is 4. The van der Waals surface area contributed by atoms with E-state index in [9.17, 15) is 13.2 Å². The summed E-state index contributed by atoms with van der Waals surface area (Å²) in [4.78, 5) is 12.2. The van der Waals surface area contributed by atoms with Gasteiger partial charge in [0.25, 0.3) is 0 Å². The molecule has 0 saturated carbocycles. The number of methoxy groups -OCH3 is 1. The van der Waals surface area contributed by atoms with Crippen LogP contribution in [0.25, 0.3) is 0 Å². The molecule has 0 aromatic heterocycles. The highest BCUT2D eigenvalue weighted by atomic mass is 32.2. The summed E-state index contributed by atoms with van der Waals surface area (Å²) in [6.45, 7) is 3.87. The Morgan fingerprint density at radius 2 is 1.75 bits per heavy atom. The number of carbonyl (C=O) groups is 1. The number of rotatable bonds is 6. The van der Waals surface area contributed by atoms with E-state index in [1.54, 1.807) is 12.1 Å². The van der Waals surface area contributed by atoms with E-state index in [1.807, 2.05) is 32.0 Å². The lowest BCUT2D eigenvalue weighted by Crippen LogP contribution is -2.18. The molecule has 2 rings (SSSR count). The van der Waals surface area contributed by atoms with E-state index < -0.39 is 9.84 Å². The van der Waals surface area contributed by atoms with Crippen molar-refractivity contribution in [2.24, 2.45) is 0 Å². The van der Waals surface area contributed by atoms with Crippen molar-refractivity contribution < 1.29 is 17.9 Å². The van der Waals surface area contributed by atoms with E-state index >= 15 is 0 Å². The number of anilines is 1.